The fourth-order valence-corrected chi connectivity index (χ4v) is 4.43. The van der Waals surface area contributed by atoms with Gasteiger partial charge in [0.25, 0.3) is 5.91 Å². The largest absolute Gasteiger partial charge is 0.495 e. The van der Waals surface area contributed by atoms with Gasteiger partial charge < -0.3 is 10.1 Å². The number of imidazole rings is 1. The smallest absolute Gasteiger partial charge is 0.391 e. The minimum Gasteiger partial charge on any atom is -0.495 e. The van der Waals surface area contributed by atoms with Crippen molar-refractivity contribution in [2.24, 2.45) is 17.8 Å². The van der Waals surface area contributed by atoms with Gasteiger partial charge in [0.2, 0.25) is 5.95 Å². The minimum absolute atomic E-state index is 0.209. The molecule has 0 radical (unpaired) electrons. The zero-order valence-corrected chi connectivity index (χ0v) is 22.2. The number of carbonyl (C=O) groups excluding carboxylic acids is 1. The molecule has 206 valence electrons. The zero-order valence-electron chi connectivity index (χ0n) is 21.4. The minimum atomic E-state index is -4.31. The van der Waals surface area contributed by atoms with Gasteiger partial charge in [0.1, 0.15) is 11.6 Å². The Bertz CT molecular complexity index is 1090. The van der Waals surface area contributed by atoms with Crippen LogP contribution in [0.5, 0.6) is 5.75 Å². The van der Waals surface area contributed by atoms with E-state index in [-0.39, 0.29) is 23.6 Å². The number of aryl methyl sites for hydroxylation is 1. The van der Waals surface area contributed by atoms with Crippen molar-refractivity contribution in [2.45, 2.75) is 65.5 Å². The number of aromatic nitrogens is 2. The Morgan fingerprint density at radius 2 is 1.86 bits per heavy atom. The first kappa shape index (κ1) is 30.5. The number of rotatable bonds is 8. The van der Waals surface area contributed by atoms with Crippen LogP contribution in [0.4, 0.5) is 17.6 Å². The van der Waals surface area contributed by atoms with Crippen LogP contribution in [-0.4, -0.2) is 43.7 Å². The maximum absolute atomic E-state index is 15.5. The van der Waals surface area contributed by atoms with E-state index in [1.54, 1.807) is 6.92 Å². The third-order valence-electron chi connectivity index (χ3n) is 6.69. The van der Waals surface area contributed by atoms with Gasteiger partial charge in [-0.3, -0.25) is 9.36 Å². The number of alkyl halides is 3. The molecule has 0 aliphatic heterocycles. The van der Waals surface area contributed by atoms with Gasteiger partial charge in [0, 0.05) is 13.0 Å². The normalized spacial score (nSPS) is 18.4. The lowest BCUT2D eigenvalue weighted by Gasteiger charge is -2.26. The molecule has 1 saturated carbocycles. The third kappa shape index (κ3) is 8.11. The van der Waals surface area contributed by atoms with E-state index in [0.717, 1.165) is 32.6 Å². The molecular formula is C25H33F4N3O4S. The fraction of sp³-hybridized carbons (Fsp3) is 0.600. The Morgan fingerprint density at radius 1 is 1.24 bits per heavy atom. The number of nitrogens with one attached hydrogen (secondary N) is 1. The van der Waals surface area contributed by atoms with Crippen LogP contribution in [0.15, 0.2) is 18.2 Å². The summed E-state index contributed by atoms with van der Waals surface area (Å²) in [6.45, 7) is 5.61. The van der Waals surface area contributed by atoms with Crippen LogP contribution in [0, 0.1) is 23.7 Å². The molecule has 37 heavy (non-hydrogen) atoms. The highest BCUT2D eigenvalue weighted by molar-refractivity contribution is 7.51. The molecule has 1 fully saturated rings. The molecule has 0 bridgehead atoms. The van der Waals surface area contributed by atoms with E-state index in [9.17, 15) is 18.0 Å². The summed E-state index contributed by atoms with van der Waals surface area (Å²) in [6, 6.07) is 4.50. The molecule has 1 unspecified atom stereocenters. The number of nitrogens with zero attached hydrogens (tertiary/aromatic N) is 2. The molecule has 1 aliphatic rings. The Hall–Kier alpha value is -2.76. The molecule has 3 rings (SSSR count). The number of benzene rings is 1. The molecule has 1 atom stereocenters. The van der Waals surface area contributed by atoms with Crippen molar-refractivity contribution in [2.75, 3.05) is 13.7 Å². The number of ether oxygens (including phenoxy) is 1. The SMILES string of the molecule is CCc1nc(C(=O)NCC2CCC(C)CC2)c(F)n1-c1ccc(CC(C)C(F)(F)F)cc1OC.O=S=O. The van der Waals surface area contributed by atoms with Crippen LogP contribution >= 0.6 is 0 Å². The summed E-state index contributed by atoms with van der Waals surface area (Å²) in [5.41, 5.74) is 0.412. The molecular weight excluding hydrogens is 514 g/mol. The standard InChI is InChI=1S/C25H33F4N3O2.O2S/c1-5-21-31-22(24(33)30-14-17-8-6-15(2)7-9-17)23(26)32(21)19-11-10-18(13-20(19)34-4)12-16(3)25(27,28)29;1-3-2/h10-11,13,15-17H,5-9,12,14H2,1-4H3,(H,30,33);. The highest BCUT2D eigenvalue weighted by Gasteiger charge is 2.36. The van der Waals surface area contributed by atoms with Crippen LogP contribution in [0.25, 0.3) is 5.69 Å². The van der Waals surface area contributed by atoms with Crippen LogP contribution in [-0.2, 0) is 24.4 Å². The zero-order chi connectivity index (χ0) is 27.8. The van der Waals surface area contributed by atoms with Crippen LogP contribution < -0.4 is 10.1 Å². The number of carbonyl (C=O) groups is 1. The topological polar surface area (TPSA) is 90.3 Å². The van der Waals surface area contributed by atoms with Gasteiger partial charge in [-0.15, -0.1) is 0 Å². The summed E-state index contributed by atoms with van der Waals surface area (Å²) >= 11 is -0.750. The summed E-state index contributed by atoms with van der Waals surface area (Å²) in [4.78, 5) is 17.0. The summed E-state index contributed by atoms with van der Waals surface area (Å²) in [5.74, 6) is -1.31. The molecule has 1 aromatic heterocycles. The second-order valence-corrected chi connectivity index (χ2v) is 9.55. The number of methoxy groups -OCH3 is 1. The molecule has 1 aliphatic carbocycles. The van der Waals surface area contributed by atoms with Gasteiger partial charge in [0.05, 0.1) is 18.7 Å². The number of hydrogen-bond donors (Lipinski definition) is 1. The van der Waals surface area contributed by atoms with Crippen molar-refractivity contribution >= 4 is 17.5 Å². The Kier molecular flexibility index (Phi) is 11.3. The first-order valence-electron chi connectivity index (χ1n) is 12.2. The third-order valence-corrected chi connectivity index (χ3v) is 6.69. The van der Waals surface area contributed by atoms with Crippen LogP contribution in [0.3, 0.4) is 0 Å². The Morgan fingerprint density at radius 3 is 2.41 bits per heavy atom. The van der Waals surface area contributed by atoms with E-state index in [2.05, 4.69) is 17.2 Å². The number of amides is 1. The lowest BCUT2D eigenvalue weighted by molar-refractivity contribution is -0.169. The van der Waals surface area contributed by atoms with Gasteiger partial charge in [-0.25, -0.2) is 4.98 Å². The summed E-state index contributed by atoms with van der Waals surface area (Å²) in [5, 5.41) is 2.82. The van der Waals surface area contributed by atoms with E-state index in [0.29, 0.717) is 36.2 Å². The molecule has 2 aromatic rings. The summed E-state index contributed by atoms with van der Waals surface area (Å²) in [6.07, 6.45) is 0.143. The molecule has 7 nitrogen and oxygen atoms in total. The summed E-state index contributed by atoms with van der Waals surface area (Å²) < 4.78 is 77.5. The van der Waals surface area contributed by atoms with Crippen molar-refractivity contribution in [1.82, 2.24) is 14.9 Å². The molecule has 1 amide bonds. The molecule has 1 aromatic carbocycles. The lowest BCUT2D eigenvalue weighted by atomic mass is 9.83. The highest BCUT2D eigenvalue weighted by Crippen LogP contribution is 2.33. The Balaban J connectivity index is 0.00000153. The van der Waals surface area contributed by atoms with E-state index in [1.165, 1.54) is 29.9 Å². The Labute approximate surface area is 217 Å². The van der Waals surface area contributed by atoms with Gasteiger partial charge in [-0.05, 0) is 48.8 Å². The van der Waals surface area contributed by atoms with Crippen LogP contribution in [0.1, 0.15) is 68.3 Å². The van der Waals surface area contributed by atoms with E-state index >= 15 is 4.39 Å². The van der Waals surface area contributed by atoms with E-state index < -0.39 is 35.5 Å². The number of hydrogen-bond acceptors (Lipinski definition) is 5. The first-order valence-corrected chi connectivity index (χ1v) is 12.8. The van der Waals surface area contributed by atoms with Crippen molar-refractivity contribution in [3.63, 3.8) is 0 Å². The molecule has 0 spiro atoms. The highest BCUT2D eigenvalue weighted by atomic mass is 32.1. The van der Waals surface area contributed by atoms with Crippen LogP contribution in [0.2, 0.25) is 0 Å². The average Bonchev–Trinajstić information content (AvgIpc) is 3.19. The second-order valence-electron chi connectivity index (χ2n) is 9.41. The van der Waals surface area contributed by atoms with E-state index in [1.807, 2.05) is 0 Å². The quantitative estimate of drug-likeness (QED) is 0.459. The maximum Gasteiger partial charge on any atom is 0.391 e. The number of halogens is 4. The van der Waals surface area contributed by atoms with Gasteiger partial charge in [-0.1, -0.05) is 39.7 Å². The fourth-order valence-electron chi connectivity index (χ4n) is 4.43. The predicted octanol–water partition coefficient (Wildman–Crippen LogP) is 5.21. The van der Waals surface area contributed by atoms with Crippen molar-refractivity contribution < 1.29 is 35.5 Å². The van der Waals surface area contributed by atoms with Gasteiger partial charge in [0.15, 0.2) is 5.69 Å². The second kappa shape index (κ2) is 13.7. The van der Waals surface area contributed by atoms with Crippen molar-refractivity contribution in [3.05, 3.63) is 41.2 Å². The maximum atomic E-state index is 15.5. The van der Waals surface area contributed by atoms with Gasteiger partial charge >= 0.3 is 17.7 Å². The molecule has 1 N–H and O–H groups in total. The summed E-state index contributed by atoms with van der Waals surface area (Å²) in [7, 11) is 1.37. The average molecular weight is 548 g/mol. The molecule has 0 saturated heterocycles. The molecule has 1 heterocycles. The predicted molar refractivity (Wildman–Crippen MR) is 131 cm³/mol. The van der Waals surface area contributed by atoms with Gasteiger partial charge in [-0.2, -0.15) is 26.0 Å². The lowest BCUT2D eigenvalue weighted by Crippen LogP contribution is -2.31. The van der Waals surface area contributed by atoms with Crippen molar-refractivity contribution in [1.29, 1.82) is 0 Å². The first-order chi connectivity index (χ1) is 17.5. The van der Waals surface area contributed by atoms with Crippen molar-refractivity contribution in [3.8, 4) is 11.4 Å². The molecule has 12 heteroatoms. The monoisotopic (exact) mass is 547 g/mol. The van der Waals surface area contributed by atoms with E-state index in [4.69, 9.17) is 13.2 Å².